The molecule has 0 N–H and O–H groups in total. The molecule has 2 nitrogen and oxygen atoms in total. The quantitative estimate of drug-likeness (QED) is 0.617. The summed E-state index contributed by atoms with van der Waals surface area (Å²) in [5.74, 6) is 0.914. The van der Waals surface area contributed by atoms with Crippen molar-refractivity contribution >= 4 is 31.9 Å². The summed E-state index contributed by atoms with van der Waals surface area (Å²) in [6.07, 6.45) is 5.10. The van der Waals surface area contributed by atoms with Crippen LogP contribution in [0.1, 0.15) is 43.0 Å². The second kappa shape index (κ2) is 7.65. The van der Waals surface area contributed by atoms with Crippen molar-refractivity contribution in [2.45, 2.75) is 43.5 Å². The van der Waals surface area contributed by atoms with E-state index in [1.54, 1.807) is 0 Å². The highest BCUT2D eigenvalue weighted by molar-refractivity contribution is 9.11. The molecule has 1 heterocycles. The molecule has 106 valence electrons. The summed E-state index contributed by atoms with van der Waals surface area (Å²) in [5, 5.41) is 0. The van der Waals surface area contributed by atoms with E-state index in [0.717, 1.165) is 29.7 Å². The summed E-state index contributed by atoms with van der Waals surface area (Å²) < 4.78 is 12.3. The molecular weight excluding hydrogens is 372 g/mol. The smallest absolute Gasteiger partial charge is 0.120 e. The van der Waals surface area contributed by atoms with Crippen LogP contribution in [0, 0.1) is 0 Å². The Bertz CT molecular complexity index is 403. The van der Waals surface area contributed by atoms with Crippen molar-refractivity contribution in [3.63, 3.8) is 0 Å². The largest absolute Gasteiger partial charge is 0.494 e. The molecule has 1 aromatic rings. The zero-order valence-electron chi connectivity index (χ0n) is 11.2. The number of hydrogen-bond donors (Lipinski definition) is 0. The molecule has 0 spiro atoms. The molecule has 2 atom stereocenters. The minimum absolute atomic E-state index is 0.363. The lowest BCUT2D eigenvalue weighted by Crippen LogP contribution is -2.06. The van der Waals surface area contributed by atoms with Gasteiger partial charge in [0.05, 0.1) is 12.7 Å². The SMILES string of the molecule is CCOc1ccc(C(Br)CCC2CCCO2)c(Br)c1. The third-order valence-electron chi connectivity index (χ3n) is 3.39. The molecule has 0 amide bonds. The third-order valence-corrected chi connectivity index (χ3v) is 5.02. The van der Waals surface area contributed by atoms with Gasteiger partial charge in [0.25, 0.3) is 0 Å². The summed E-state index contributed by atoms with van der Waals surface area (Å²) in [6.45, 7) is 3.63. The van der Waals surface area contributed by atoms with Crippen molar-refractivity contribution in [3.8, 4) is 5.75 Å². The molecule has 4 heteroatoms. The van der Waals surface area contributed by atoms with Crippen molar-refractivity contribution in [2.24, 2.45) is 0 Å². The molecule has 0 aliphatic carbocycles. The van der Waals surface area contributed by atoms with Gasteiger partial charge < -0.3 is 9.47 Å². The van der Waals surface area contributed by atoms with Crippen molar-refractivity contribution in [1.82, 2.24) is 0 Å². The van der Waals surface area contributed by atoms with Crippen LogP contribution in [0.25, 0.3) is 0 Å². The lowest BCUT2D eigenvalue weighted by molar-refractivity contribution is 0.102. The first-order chi connectivity index (χ1) is 9.20. The Balaban J connectivity index is 1.92. The Morgan fingerprint density at radius 1 is 1.47 bits per heavy atom. The third kappa shape index (κ3) is 4.47. The lowest BCUT2D eigenvalue weighted by atomic mass is 10.0. The van der Waals surface area contributed by atoms with Crippen LogP contribution in [0.5, 0.6) is 5.75 Å². The van der Waals surface area contributed by atoms with Crippen molar-refractivity contribution in [3.05, 3.63) is 28.2 Å². The predicted octanol–water partition coefficient (Wildman–Crippen LogP) is 5.24. The summed E-state index contributed by atoms with van der Waals surface area (Å²) in [5.41, 5.74) is 1.28. The van der Waals surface area contributed by atoms with E-state index in [1.807, 2.05) is 19.1 Å². The van der Waals surface area contributed by atoms with Crippen LogP contribution in [0.15, 0.2) is 22.7 Å². The normalized spacial score (nSPS) is 20.5. The highest BCUT2D eigenvalue weighted by atomic mass is 79.9. The average molecular weight is 392 g/mol. The van der Waals surface area contributed by atoms with Crippen LogP contribution in [-0.4, -0.2) is 19.3 Å². The van der Waals surface area contributed by atoms with Gasteiger partial charge in [-0.05, 0) is 50.3 Å². The van der Waals surface area contributed by atoms with Gasteiger partial charge in [-0.2, -0.15) is 0 Å². The fraction of sp³-hybridized carbons (Fsp3) is 0.600. The van der Waals surface area contributed by atoms with Crippen LogP contribution in [0.3, 0.4) is 0 Å². The van der Waals surface area contributed by atoms with Gasteiger partial charge in [0.1, 0.15) is 5.75 Å². The number of benzene rings is 1. The van der Waals surface area contributed by atoms with E-state index in [-0.39, 0.29) is 0 Å². The molecule has 0 bridgehead atoms. The first-order valence-corrected chi connectivity index (χ1v) is 8.59. The monoisotopic (exact) mass is 390 g/mol. The van der Waals surface area contributed by atoms with Gasteiger partial charge in [-0.15, -0.1) is 0 Å². The van der Waals surface area contributed by atoms with E-state index in [2.05, 4.69) is 37.9 Å². The summed E-state index contributed by atoms with van der Waals surface area (Å²) in [4.78, 5) is 0.363. The number of halogens is 2. The zero-order valence-corrected chi connectivity index (χ0v) is 14.4. The highest BCUT2D eigenvalue weighted by Crippen LogP contribution is 2.36. The maximum Gasteiger partial charge on any atom is 0.120 e. The number of ether oxygens (including phenoxy) is 2. The Morgan fingerprint density at radius 2 is 2.32 bits per heavy atom. The maximum absolute atomic E-state index is 5.67. The Kier molecular flexibility index (Phi) is 6.17. The van der Waals surface area contributed by atoms with E-state index in [1.165, 1.54) is 18.4 Å². The standard InChI is InChI=1S/C15H20Br2O2/c1-2-18-12-5-7-13(15(17)10-12)14(16)8-6-11-4-3-9-19-11/h5,7,10-11,14H,2-4,6,8-9H2,1H3. The minimum Gasteiger partial charge on any atom is -0.494 e. The summed E-state index contributed by atoms with van der Waals surface area (Å²) >= 11 is 7.41. The fourth-order valence-corrected chi connectivity index (χ4v) is 3.98. The van der Waals surface area contributed by atoms with Crippen molar-refractivity contribution in [1.29, 1.82) is 0 Å². The average Bonchev–Trinajstić information content (AvgIpc) is 2.89. The Morgan fingerprint density at radius 3 is 2.95 bits per heavy atom. The van der Waals surface area contributed by atoms with E-state index < -0.39 is 0 Å². The molecule has 2 unspecified atom stereocenters. The summed E-state index contributed by atoms with van der Waals surface area (Å²) in [6, 6.07) is 6.20. The van der Waals surface area contributed by atoms with Gasteiger partial charge in [0.2, 0.25) is 0 Å². The number of alkyl halides is 1. The molecule has 19 heavy (non-hydrogen) atoms. The van der Waals surface area contributed by atoms with Crippen molar-refractivity contribution < 1.29 is 9.47 Å². The van der Waals surface area contributed by atoms with Gasteiger partial charge in [-0.1, -0.05) is 37.9 Å². The van der Waals surface area contributed by atoms with Crippen LogP contribution >= 0.6 is 31.9 Å². The first-order valence-electron chi connectivity index (χ1n) is 6.88. The fourth-order valence-electron chi connectivity index (χ4n) is 2.38. The van der Waals surface area contributed by atoms with Gasteiger partial charge in [0, 0.05) is 15.9 Å². The number of hydrogen-bond acceptors (Lipinski definition) is 2. The summed E-state index contributed by atoms with van der Waals surface area (Å²) in [7, 11) is 0. The van der Waals surface area contributed by atoms with Crippen molar-refractivity contribution in [2.75, 3.05) is 13.2 Å². The Labute approximate surface area is 132 Å². The van der Waals surface area contributed by atoms with Gasteiger partial charge in [-0.25, -0.2) is 0 Å². The van der Waals surface area contributed by atoms with E-state index in [9.17, 15) is 0 Å². The molecule has 0 radical (unpaired) electrons. The molecule has 1 aliphatic rings. The number of rotatable bonds is 6. The van der Waals surface area contributed by atoms with Gasteiger partial charge >= 0.3 is 0 Å². The topological polar surface area (TPSA) is 18.5 Å². The van der Waals surface area contributed by atoms with Gasteiger partial charge in [0.15, 0.2) is 0 Å². The van der Waals surface area contributed by atoms with Gasteiger partial charge in [-0.3, -0.25) is 0 Å². The van der Waals surface area contributed by atoms with Crippen LogP contribution in [0.4, 0.5) is 0 Å². The second-order valence-corrected chi connectivity index (χ2v) is 6.76. The maximum atomic E-state index is 5.67. The molecule has 1 saturated heterocycles. The molecule has 1 fully saturated rings. The molecule has 0 saturated carbocycles. The predicted molar refractivity (Wildman–Crippen MR) is 85.2 cm³/mol. The van der Waals surface area contributed by atoms with E-state index >= 15 is 0 Å². The Hall–Kier alpha value is -0.0600. The molecule has 2 rings (SSSR count). The minimum atomic E-state index is 0.363. The first kappa shape index (κ1) is 15.3. The van der Waals surface area contributed by atoms with E-state index in [4.69, 9.17) is 9.47 Å². The molecule has 1 aromatic carbocycles. The van der Waals surface area contributed by atoms with Crippen LogP contribution < -0.4 is 4.74 Å². The zero-order chi connectivity index (χ0) is 13.7. The van der Waals surface area contributed by atoms with Crippen LogP contribution in [0.2, 0.25) is 0 Å². The van der Waals surface area contributed by atoms with Crippen LogP contribution in [-0.2, 0) is 4.74 Å². The highest BCUT2D eigenvalue weighted by Gasteiger charge is 2.18. The molecule has 0 aromatic heterocycles. The lowest BCUT2D eigenvalue weighted by Gasteiger charge is -2.16. The second-order valence-electron chi connectivity index (χ2n) is 4.80. The molecule has 1 aliphatic heterocycles. The van der Waals surface area contributed by atoms with E-state index in [0.29, 0.717) is 17.5 Å². The molecular formula is C15H20Br2O2.